The average molecular weight is 538 g/mol. The van der Waals surface area contributed by atoms with Crippen LogP contribution in [0.2, 0.25) is 0 Å². The molecule has 1 fully saturated rings. The van der Waals surface area contributed by atoms with Gasteiger partial charge < -0.3 is 4.57 Å². The molecule has 0 bridgehead atoms. The van der Waals surface area contributed by atoms with Gasteiger partial charge in [-0.1, -0.05) is 65.4 Å². The fourth-order valence-electron chi connectivity index (χ4n) is 4.42. The van der Waals surface area contributed by atoms with E-state index in [4.69, 9.17) is 0 Å². The lowest BCUT2D eigenvalue weighted by Gasteiger charge is -2.13. The maximum absolute atomic E-state index is 13.6. The topological polar surface area (TPSA) is 42.3 Å². The van der Waals surface area contributed by atoms with Gasteiger partial charge in [-0.2, -0.15) is 0 Å². The molecule has 3 aromatic rings. The van der Waals surface area contributed by atoms with Gasteiger partial charge in [-0.15, -0.1) is 0 Å². The number of carbonyl (C=O) groups is 2. The van der Waals surface area contributed by atoms with Gasteiger partial charge in [0.05, 0.1) is 16.8 Å². The second-order valence-electron chi connectivity index (χ2n) is 8.27. The van der Waals surface area contributed by atoms with Gasteiger partial charge in [0.2, 0.25) is 0 Å². The van der Waals surface area contributed by atoms with Crippen LogP contribution in [0, 0.1) is 6.92 Å². The Labute approximate surface area is 202 Å². The predicted molar refractivity (Wildman–Crippen MR) is 140 cm³/mol. The number of hydrogen-bond donors (Lipinski definition) is 0. The third-order valence-corrected chi connectivity index (χ3v) is 6.57. The molecule has 1 aromatic heterocycles. The van der Waals surface area contributed by atoms with Crippen molar-refractivity contribution in [2.24, 2.45) is 0 Å². The van der Waals surface area contributed by atoms with E-state index in [1.54, 1.807) is 0 Å². The van der Waals surface area contributed by atoms with E-state index in [9.17, 15) is 9.59 Å². The third kappa shape index (κ3) is 3.72. The summed E-state index contributed by atoms with van der Waals surface area (Å²) >= 11 is 2.37. The molecule has 0 saturated carbocycles. The van der Waals surface area contributed by atoms with Crippen molar-refractivity contribution in [1.82, 2.24) is 4.57 Å². The first-order valence-electron chi connectivity index (χ1n) is 10.9. The third-order valence-electron chi connectivity index (χ3n) is 6.09. The fraction of sp³-hybridized carbons (Fsp3) is 0.259. The number of benzene rings is 2. The van der Waals surface area contributed by atoms with Crippen molar-refractivity contribution in [1.29, 1.82) is 0 Å². The molecule has 5 heteroatoms. The van der Waals surface area contributed by atoms with Gasteiger partial charge in [0.1, 0.15) is 0 Å². The molecule has 2 aromatic carbocycles. The highest BCUT2D eigenvalue weighted by Gasteiger charge is 2.40. The van der Waals surface area contributed by atoms with E-state index in [1.165, 1.54) is 15.8 Å². The number of nitrogens with zero attached hydrogens (tertiary/aromatic N) is 2. The molecule has 1 aliphatic heterocycles. The Bertz CT molecular complexity index is 1270. The molecule has 0 atom stereocenters. The Morgan fingerprint density at radius 3 is 2.31 bits per heavy atom. The van der Waals surface area contributed by atoms with E-state index in [-0.39, 0.29) is 11.8 Å². The molecule has 1 saturated heterocycles. The zero-order chi connectivity index (χ0) is 23.0. The van der Waals surface area contributed by atoms with E-state index < -0.39 is 0 Å². The van der Waals surface area contributed by atoms with Crippen molar-refractivity contribution < 1.29 is 9.59 Å². The van der Waals surface area contributed by atoms with Crippen molar-refractivity contribution in [2.45, 2.75) is 40.7 Å². The molecule has 4 nitrogen and oxygen atoms in total. The molecular weight excluding hydrogens is 511 g/mol. The largest absolute Gasteiger partial charge is 0.340 e. The Morgan fingerprint density at radius 2 is 1.69 bits per heavy atom. The van der Waals surface area contributed by atoms with Crippen LogP contribution in [0.1, 0.15) is 37.6 Å². The van der Waals surface area contributed by atoms with Gasteiger partial charge >= 0.3 is 0 Å². The first-order valence-corrected chi connectivity index (χ1v) is 12.4. The van der Waals surface area contributed by atoms with E-state index in [1.807, 2.05) is 56.3 Å². The highest BCUT2D eigenvalue weighted by molar-refractivity contribution is 14.1. The summed E-state index contributed by atoms with van der Waals surface area (Å²) in [6, 6.07) is 16.0. The molecule has 0 radical (unpaired) electrons. The number of para-hydroxylation sites is 1. The summed E-state index contributed by atoms with van der Waals surface area (Å²) in [6.07, 6.45) is 2.83. The molecule has 0 spiro atoms. The van der Waals surface area contributed by atoms with Crippen LogP contribution in [0.4, 0.5) is 5.69 Å². The number of anilines is 1. The average Bonchev–Trinajstić information content (AvgIpc) is 3.20. The normalized spacial score (nSPS) is 15.5. The SMILES string of the molecule is CCc1ccc(N2C(=O)C(=C(C)C)/C(=C\c3c(C)c4ccccc4n3CCI)C2=O)cc1. The van der Waals surface area contributed by atoms with Crippen LogP contribution in [-0.2, 0) is 22.6 Å². The Kier molecular flexibility index (Phi) is 6.38. The first-order chi connectivity index (χ1) is 15.4. The van der Waals surface area contributed by atoms with Crippen LogP contribution in [-0.4, -0.2) is 20.8 Å². The van der Waals surface area contributed by atoms with Crippen molar-refractivity contribution in [3.05, 3.63) is 82.1 Å². The highest BCUT2D eigenvalue weighted by atomic mass is 127. The molecule has 0 aliphatic carbocycles. The maximum Gasteiger partial charge on any atom is 0.266 e. The summed E-state index contributed by atoms with van der Waals surface area (Å²) in [7, 11) is 0. The number of imide groups is 1. The number of aromatic nitrogens is 1. The Balaban J connectivity index is 1.90. The van der Waals surface area contributed by atoms with Crippen molar-refractivity contribution >= 4 is 57.1 Å². The van der Waals surface area contributed by atoms with E-state index in [0.29, 0.717) is 16.8 Å². The smallest absolute Gasteiger partial charge is 0.266 e. The molecule has 2 amide bonds. The van der Waals surface area contributed by atoms with Crippen molar-refractivity contribution in [2.75, 3.05) is 9.33 Å². The number of rotatable bonds is 5. The summed E-state index contributed by atoms with van der Waals surface area (Å²) in [5, 5.41) is 1.17. The molecule has 1 aliphatic rings. The van der Waals surface area contributed by atoms with Crippen LogP contribution >= 0.6 is 22.6 Å². The standard InChI is InChI=1S/C27H27IN2O2/c1-5-19-10-12-20(13-11-19)30-26(31)22(25(17(2)3)27(30)32)16-24-18(4)21-8-6-7-9-23(21)29(24)15-14-28/h6-13,16H,5,14-15H2,1-4H3/b22-16+. The quantitative estimate of drug-likeness (QED) is 0.167. The lowest BCUT2D eigenvalue weighted by Crippen LogP contribution is -2.29. The number of aryl methyl sites for hydroxylation is 3. The van der Waals surface area contributed by atoms with Crippen LogP contribution in [0.5, 0.6) is 0 Å². The minimum Gasteiger partial charge on any atom is -0.340 e. The van der Waals surface area contributed by atoms with Crippen LogP contribution in [0.15, 0.2) is 65.3 Å². The van der Waals surface area contributed by atoms with Gasteiger partial charge in [0.15, 0.2) is 0 Å². The van der Waals surface area contributed by atoms with Gasteiger partial charge in [-0.05, 0) is 62.6 Å². The zero-order valence-electron chi connectivity index (χ0n) is 18.9. The number of fused-ring (bicyclic) bond motifs is 1. The van der Waals surface area contributed by atoms with Crippen LogP contribution in [0.25, 0.3) is 17.0 Å². The molecule has 4 rings (SSSR count). The molecule has 32 heavy (non-hydrogen) atoms. The zero-order valence-corrected chi connectivity index (χ0v) is 21.1. The summed E-state index contributed by atoms with van der Waals surface area (Å²) in [4.78, 5) is 28.3. The highest BCUT2D eigenvalue weighted by Crippen LogP contribution is 2.35. The maximum atomic E-state index is 13.6. The number of carbonyl (C=O) groups excluding carboxylic acids is 2. The Hall–Kier alpha value is -2.67. The van der Waals surface area contributed by atoms with Gasteiger partial charge in [-0.3, -0.25) is 9.59 Å². The van der Waals surface area contributed by atoms with Crippen LogP contribution in [0.3, 0.4) is 0 Å². The lowest BCUT2D eigenvalue weighted by molar-refractivity contribution is -0.119. The van der Waals surface area contributed by atoms with Gasteiger partial charge in [-0.25, -0.2) is 4.90 Å². The fourth-order valence-corrected chi connectivity index (χ4v) is 4.91. The van der Waals surface area contributed by atoms with Crippen molar-refractivity contribution in [3.63, 3.8) is 0 Å². The predicted octanol–water partition coefficient (Wildman–Crippen LogP) is 6.24. The summed E-state index contributed by atoms with van der Waals surface area (Å²) in [5.41, 5.74) is 6.86. The number of allylic oxidation sites excluding steroid dienone is 1. The molecule has 164 valence electrons. The second kappa shape index (κ2) is 9.06. The summed E-state index contributed by atoms with van der Waals surface area (Å²) in [5.74, 6) is -0.513. The summed E-state index contributed by atoms with van der Waals surface area (Å²) in [6.45, 7) is 8.79. The number of halogens is 1. The number of hydrogen-bond acceptors (Lipinski definition) is 2. The number of alkyl halides is 1. The molecule has 0 N–H and O–H groups in total. The Morgan fingerprint density at radius 1 is 1.00 bits per heavy atom. The van der Waals surface area contributed by atoms with Gasteiger partial charge in [0, 0.05) is 27.6 Å². The lowest BCUT2D eigenvalue weighted by atomic mass is 10.0. The minimum atomic E-state index is -0.263. The first kappa shape index (κ1) is 22.5. The monoisotopic (exact) mass is 538 g/mol. The number of amides is 2. The van der Waals surface area contributed by atoms with Crippen molar-refractivity contribution in [3.8, 4) is 0 Å². The minimum absolute atomic E-state index is 0.250. The van der Waals surface area contributed by atoms with E-state index >= 15 is 0 Å². The molecule has 2 heterocycles. The van der Waals surface area contributed by atoms with E-state index in [2.05, 4.69) is 53.1 Å². The van der Waals surface area contributed by atoms with E-state index in [0.717, 1.165) is 39.7 Å². The molecule has 0 unspecified atom stereocenters. The molecular formula is C27H27IN2O2. The van der Waals surface area contributed by atoms with Crippen LogP contribution < -0.4 is 4.90 Å². The summed E-state index contributed by atoms with van der Waals surface area (Å²) < 4.78 is 3.20. The second-order valence-corrected chi connectivity index (χ2v) is 9.35. The van der Waals surface area contributed by atoms with Gasteiger partial charge in [0.25, 0.3) is 11.8 Å².